The van der Waals surface area contributed by atoms with E-state index < -0.39 is 0 Å². The molecule has 0 saturated heterocycles. The van der Waals surface area contributed by atoms with Crippen LogP contribution in [0.2, 0.25) is 0 Å². The van der Waals surface area contributed by atoms with Gasteiger partial charge in [-0.2, -0.15) is 0 Å². The van der Waals surface area contributed by atoms with Crippen LogP contribution in [0.5, 0.6) is 0 Å². The normalized spacial score (nSPS) is 11.2. The zero-order chi connectivity index (χ0) is 11.6. The van der Waals surface area contributed by atoms with E-state index in [-0.39, 0.29) is 17.0 Å². The Labute approximate surface area is 121 Å². The molecule has 0 atom stereocenters. The molecular formula is C13H29Br2N. The molecule has 3 heteroatoms. The van der Waals surface area contributed by atoms with Crippen molar-refractivity contribution in [2.24, 2.45) is 0 Å². The molecule has 0 aliphatic carbocycles. The van der Waals surface area contributed by atoms with Gasteiger partial charge in [-0.05, 0) is 32.1 Å². The van der Waals surface area contributed by atoms with E-state index in [0.717, 1.165) is 0 Å². The monoisotopic (exact) mass is 357 g/mol. The fourth-order valence-corrected chi connectivity index (χ4v) is 2.29. The highest BCUT2D eigenvalue weighted by molar-refractivity contribution is 9.09. The van der Waals surface area contributed by atoms with Crippen LogP contribution in [0, 0.1) is 0 Å². The standard InChI is InChI=1S/C13H29BrN.BrH/c1-4-5-9-12-15(2,3)13-10-7-6-8-11-14;/h4-13H2,1-3H3;1H/q+1;/p-1. The molecule has 0 aromatic carbocycles. The number of nitrogens with zero attached hydrogens (tertiary/aromatic N) is 1. The maximum atomic E-state index is 3.48. The summed E-state index contributed by atoms with van der Waals surface area (Å²) >= 11 is 3.48. The van der Waals surface area contributed by atoms with Gasteiger partial charge in [0.25, 0.3) is 0 Å². The summed E-state index contributed by atoms with van der Waals surface area (Å²) in [6, 6.07) is 0. The first kappa shape index (κ1) is 19.3. The summed E-state index contributed by atoms with van der Waals surface area (Å²) < 4.78 is 1.22. The fraction of sp³-hybridized carbons (Fsp3) is 1.00. The Morgan fingerprint density at radius 1 is 0.812 bits per heavy atom. The van der Waals surface area contributed by atoms with Crippen molar-refractivity contribution in [3.63, 3.8) is 0 Å². The Morgan fingerprint density at radius 3 is 1.81 bits per heavy atom. The molecule has 0 spiro atoms. The first-order chi connectivity index (χ1) is 7.12. The molecule has 0 aliphatic rings. The van der Waals surface area contributed by atoms with Crippen molar-refractivity contribution < 1.29 is 21.5 Å². The number of unbranched alkanes of at least 4 members (excludes halogenated alkanes) is 5. The zero-order valence-corrected chi connectivity index (χ0v) is 14.4. The van der Waals surface area contributed by atoms with Crippen LogP contribution in [-0.2, 0) is 0 Å². The lowest BCUT2D eigenvalue weighted by Gasteiger charge is -2.29. The zero-order valence-electron chi connectivity index (χ0n) is 11.3. The van der Waals surface area contributed by atoms with E-state index in [1.807, 2.05) is 0 Å². The second-order valence-corrected chi connectivity index (χ2v) is 5.99. The average molecular weight is 359 g/mol. The minimum absolute atomic E-state index is 0. The molecule has 0 N–H and O–H groups in total. The molecule has 0 radical (unpaired) electrons. The van der Waals surface area contributed by atoms with Crippen molar-refractivity contribution in [2.45, 2.75) is 51.9 Å². The molecular weight excluding hydrogens is 330 g/mol. The lowest BCUT2D eigenvalue weighted by Crippen LogP contribution is -3.00. The first-order valence-corrected chi connectivity index (χ1v) is 7.62. The quantitative estimate of drug-likeness (QED) is 0.313. The maximum absolute atomic E-state index is 3.48. The highest BCUT2D eigenvalue weighted by Gasteiger charge is 2.12. The molecule has 1 nitrogen and oxygen atoms in total. The van der Waals surface area contributed by atoms with Gasteiger partial charge in [-0.3, -0.25) is 0 Å². The molecule has 0 aromatic heterocycles. The maximum Gasteiger partial charge on any atom is 0.0782 e. The van der Waals surface area contributed by atoms with Gasteiger partial charge < -0.3 is 21.5 Å². The van der Waals surface area contributed by atoms with Crippen LogP contribution in [0.15, 0.2) is 0 Å². The lowest BCUT2D eigenvalue weighted by molar-refractivity contribution is -0.890. The van der Waals surface area contributed by atoms with Crippen LogP contribution < -0.4 is 17.0 Å². The Bertz CT molecular complexity index is 138. The highest BCUT2D eigenvalue weighted by atomic mass is 79.9. The van der Waals surface area contributed by atoms with Gasteiger partial charge in [0.1, 0.15) is 0 Å². The van der Waals surface area contributed by atoms with E-state index in [1.165, 1.54) is 67.8 Å². The molecule has 0 aliphatic heterocycles. The molecule has 0 rings (SSSR count). The van der Waals surface area contributed by atoms with Gasteiger partial charge in [0, 0.05) is 5.33 Å². The van der Waals surface area contributed by atoms with Gasteiger partial charge in [-0.1, -0.05) is 35.7 Å². The topological polar surface area (TPSA) is 0 Å². The minimum Gasteiger partial charge on any atom is -1.00 e. The lowest BCUT2D eigenvalue weighted by atomic mass is 10.1. The van der Waals surface area contributed by atoms with Crippen LogP contribution in [0.4, 0.5) is 0 Å². The number of quaternary nitrogens is 1. The average Bonchev–Trinajstić information content (AvgIpc) is 2.17. The Kier molecular flexibility index (Phi) is 14.9. The summed E-state index contributed by atoms with van der Waals surface area (Å²) in [5.74, 6) is 0. The predicted molar refractivity (Wildman–Crippen MR) is 73.6 cm³/mol. The summed E-state index contributed by atoms with van der Waals surface area (Å²) in [7, 11) is 4.75. The van der Waals surface area contributed by atoms with E-state index >= 15 is 0 Å². The van der Waals surface area contributed by atoms with Crippen LogP contribution in [0.3, 0.4) is 0 Å². The summed E-state index contributed by atoms with van der Waals surface area (Å²) in [4.78, 5) is 0. The van der Waals surface area contributed by atoms with Crippen molar-refractivity contribution in [1.82, 2.24) is 0 Å². The van der Waals surface area contributed by atoms with E-state index in [0.29, 0.717) is 0 Å². The van der Waals surface area contributed by atoms with Gasteiger partial charge in [0.15, 0.2) is 0 Å². The Balaban J connectivity index is 0. The second-order valence-electron chi connectivity index (χ2n) is 5.19. The van der Waals surface area contributed by atoms with E-state index in [1.54, 1.807) is 0 Å². The molecule has 16 heavy (non-hydrogen) atoms. The summed E-state index contributed by atoms with van der Waals surface area (Å²) in [6.07, 6.45) is 9.65. The molecule has 0 amide bonds. The smallest absolute Gasteiger partial charge is 0.0782 e. The van der Waals surface area contributed by atoms with Gasteiger partial charge >= 0.3 is 0 Å². The van der Waals surface area contributed by atoms with Gasteiger partial charge in [-0.25, -0.2) is 0 Å². The fourth-order valence-electron chi connectivity index (χ4n) is 1.89. The van der Waals surface area contributed by atoms with Crippen molar-refractivity contribution >= 4 is 15.9 Å². The van der Waals surface area contributed by atoms with Gasteiger partial charge in [-0.15, -0.1) is 0 Å². The highest BCUT2D eigenvalue weighted by Crippen LogP contribution is 2.08. The number of halogens is 2. The van der Waals surface area contributed by atoms with Crippen LogP contribution in [-0.4, -0.2) is 37.0 Å². The number of rotatable bonds is 10. The molecule has 100 valence electrons. The molecule has 0 saturated carbocycles. The van der Waals surface area contributed by atoms with Crippen molar-refractivity contribution in [3.8, 4) is 0 Å². The van der Waals surface area contributed by atoms with Crippen molar-refractivity contribution in [1.29, 1.82) is 0 Å². The molecule has 0 aromatic rings. The molecule has 0 unspecified atom stereocenters. The Morgan fingerprint density at radius 2 is 1.31 bits per heavy atom. The van der Waals surface area contributed by atoms with Crippen LogP contribution in [0.25, 0.3) is 0 Å². The van der Waals surface area contributed by atoms with Crippen LogP contribution >= 0.6 is 15.9 Å². The third-order valence-corrected chi connectivity index (χ3v) is 3.57. The van der Waals surface area contributed by atoms with Crippen molar-refractivity contribution in [2.75, 3.05) is 32.5 Å². The number of alkyl halides is 1. The third kappa shape index (κ3) is 13.0. The molecule has 0 fully saturated rings. The molecule has 0 bridgehead atoms. The first-order valence-electron chi connectivity index (χ1n) is 6.50. The summed E-state index contributed by atoms with van der Waals surface area (Å²) in [6.45, 7) is 4.98. The number of hydrogen-bond acceptors (Lipinski definition) is 0. The summed E-state index contributed by atoms with van der Waals surface area (Å²) in [5.41, 5.74) is 0. The predicted octanol–water partition coefficient (Wildman–Crippen LogP) is 1.21. The molecule has 0 heterocycles. The minimum atomic E-state index is 0. The van der Waals surface area contributed by atoms with E-state index in [4.69, 9.17) is 0 Å². The third-order valence-electron chi connectivity index (χ3n) is 3.01. The number of hydrogen-bond donors (Lipinski definition) is 0. The van der Waals surface area contributed by atoms with Gasteiger partial charge in [0.05, 0.1) is 27.2 Å². The largest absolute Gasteiger partial charge is 1.00 e. The Hall–Kier alpha value is 0.920. The van der Waals surface area contributed by atoms with Crippen LogP contribution in [0.1, 0.15) is 51.9 Å². The second kappa shape index (κ2) is 12.4. The van der Waals surface area contributed by atoms with E-state index in [9.17, 15) is 0 Å². The summed E-state index contributed by atoms with van der Waals surface area (Å²) in [5, 5.41) is 1.17. The van der Waals surface area contributed by atoms with Crippen molar-refractivity contribution in [3.05, 3.63) is 0 Å². The van der Waals surface area contributed by atoms with Gasteiger partial charge in [0.2, 0.25) is 0 Å². The van der Waals surface area contributed by atoms with E-state index in [2.05, 4.69) is 36.9 Å². The SMILES string of the molecule is CCCCC[N+](C)(C)CCCCCCBr.[Br-].